The monoisotopic (exact) mass is 349 g/mol. The van der Waals surface area contributed by atoms with Gasteiger partial charge in [0.2, 0.25) is 0 Å². The summed E-state index contributed by atoms with van der Waals surface area (Å²) in [5.74, 6) is 2.39. The van der Waals surface area contributed by atoms with Crippen LogP contribution in [0.4, 0.5) is 0 Å². The van der Waals surface area contributed by atoms with Gasteiger partial charge in [-0.05, 0) is 64.8 Å². The molecule has 0 aliphatic carbocycles. The van der Waals surface area contributed by atoms with Crippen LogP contribution in [0.25, 0.3) is 0 Å². The highest BCUT2D eigenvalue weighted by Crippen LogP contribution is 2.32. The van der Waals surface area contributed by atoms with Gasteiger partial charge in [0.1, 0.15) is 17.2 Å². The van der Waals surface area contributed by atoms with Gasteiger partial charge in [-0.25, -0.2) is 0 Å². The third-order valence-corrected chi connectivity index (χ3v) is 3.67. The molecule has 0 saturated heterocycles. The second-order valence-electron chi connectivity index (χ2n) is 4.72. The van der Waals surface area contributed by atoms with Crippen LogP contribution in [-0.4, -0.2) is 13.7 Å². The van der Waals surface area contributed by atoms with Crippen LogP contribution >= 0.6 is 15.9 Å². The molecule has 1 N–H and O–H groups in total. The van der Waals surface area contributed by atoms with E-state index in [9.17, 15) is 0 Å². The van der Waals surface area contributed by atoms with Crippen molar-refractivity contribution < 1.29 is 9.47 Å². The van der Waals surface area contributed by atoms with Crippen LogP contribution in [0.5, 0.6) is 17.2 Å². The molecule has 3 nitrogen and oxygen atoms in total. The van der Waals surface area contributed by atoms with Gasteiger partial charge >= 0.3 is 0 Å². The standard InChI is InChI=1S/C17H20BrNO2/c1-3-10-19-12-13-4-6-14(7-5-13)21-17-9-8-15(20-2)11-16(17)18/h4-9,11,19H,3,10,12H2,1-2H3. The zero-order valence-electron chi connectivity index (χ0n) is 12.4. The first-order chi connectivity index (χ1) is 10.2. The summed E-state index contributed by atoms with van der Waals surface area (Å²) in [6.07, 6.45) is 1.15. The minimum Gasteiger partial charge on any atom is -0.497 e. The van der Waals surface area contributed by atoms with Crippen LogP contribution in [0, 0.1) is 0 Å². The van der Waals surface area contributed by atoms with Crippen molar-refractivity contribution in [3.05, 3.63) is 52.5 Å². The third kappa shape index (κ3) is 4.76. The highest BCUT2D eigenvalue weighted by Gasteiger charge is 2.04. The van der Waals surface area contributed by atoms with Gasteiger partial charge in [-0.15, -0.1) is 0 Å². The summed E-state index contributed by atoms with van der Waals surface area (Å²) in [6.45, 7) is 4.09. The van der Waals surface area contributed by atoms with Crippen molar-refractivity contribution in [1.82, 2.24) is 5.32 Å². The molecule has 0 bridgehead atoms. The minimum absolute atomic E-state index is 0.771. The quantitative estimate of drug-likeness (QED) is 0.731. The molecule has 0 aliphatic heterocycles. The lowest BCUT2D eigenvalue weighted by Crippen LogP contribution is -2.13. The summed E-state index contributed by atoms with van der Waals surface area (Å²) < 4.78 is 11.9. The van der Waals surface area contributed by atoms with E-state index in [1.807, 2.05) is 30.3 Å². The molecule has 0 aliphatic rings. The number of benzene rings is 2. The van der Waals surface area contributed by atoms with Crippen molar-refractivity contribution in [3.63, 3.8) is 0 Å². The van der Waals surface area contributed by atoms with E-state index in [0.29, 0.717) is 0 Å². The molecular weight excluding hydrogens is 330 g/mol. The summed E-state index contributed by atoms with van der Waals surface area (Å²) >= 11 is 3.49. The molecule has 0 saturated carbocycles. The van der Waals surface area contributed by atoms with E-state index in [-0.39, 0.29) is 0 Å². The minimum atomic E-state index is 0.771. The van der Waals surface area contributed by atoms with Crippen molar-refractivity contribution in [2.45, 2.75) is 19.9 Å². The van der Waals surface area contributed by atoms with E-state index in [2.05, 4.69) is 40.3 Å². The Kier molecular flexibility index (Phi) is 6.08. The van der Waals surface area contributed by atoms with Crippen molar-refractivity contribution in [2.75, 3.05) is 13.7 Å². The molecule has 112 valence electrons. The first-order valence-corrected chi connectivity index (χ1v) is 7.83. The van der Waals surface area contributed by atoms with Gasteiger partial charge in [-0.1, -0.05) is 19.1 Å². The number of nitrogens with one attached hydrogen (secondary N) is 1. The molecular formula is C17H20BrNO2. The molecule has 0 atom stereocenters. The summed E-state index contributed by atoms with van der Waals surface area (Å²) in [6, 6.07) is 13.8. The lowest BCUT2D eigenvalue weighted by molar-refractivity contribution is 0.412. The van der Waals surface area contributed by atoms with Crippen LogP contribution < -0.4 is 14.8 Å². The Balaban J connectivity index is 1.99. The molecule has 2 aromatic rings. The first-order valence-electron chi connectivity index (χ1n) is 7.04. The summed E-state index contributed by atoms with van der Waals surface area (Å²) in [5, 5.41) is 3.38. The predicted molar refractivity (Wildman–Crippen MR) is 89.2 cm³/mol. The number of ether oxygens (including phenoxy) is 2. The molecule has 2 aromatic carbocycles. The number of halogens is 1. The molecule has 0 heterocycles. The summed E-state index contributed by atoms with van der Waals surface area (Å²) in [4.78, 5) is 0. The normalized spacial score (nSPS) is 10.4. The Hall–Kier alpha value is -1.52. The van der Waals surface area contributed by atoms with E-state index in [1.54, 1.807) is 7.11 Å². The van der Waals surface area contributed by atoms with Gasteiger partial charge in [0.05, 0.1) is 11.6 Å². The van der Waals surface area contributed by atoms with E-state index in [0.717, 1.165) is 41.2 Å². The van der Waals surface area contributed by atoms with Crippen LogP contribution in [0.3, 0.4) is 0 Å². The molecule has 21 heavy (non-hydrogen) atoms. The van der Waals surface area contributed by atoms with E-state index >= 15 is 0 Å². The predicted octanol–water partition coefficient (Wildman–Crippen LogP) is 4.75. The molecule has 0 unspecified atom stereocenters. The molecule has 4 heteroatoms. The molecule has 0 aromatic heterocycles. The third-order valence-electron chi connectivity index (χ3n) is 3.05. The Labute approximate surface area is 134 Å². The average Bonchev–Trinajstić information content (AvgIpc) is 2.51. The highest BCUT2D eigenvalue weighted by molar-refractivity contribution is 9.10. The molecule has 0 spiro atoms. The largest absolute Gasteiger partial charge is 0.497 e. The smallest absolute Gasteiger partial charge is 0.141 e. The molecule has 0 amide bonds. The van der Waals surface area contributed by atoms with Crippen molar-refractivity contribution >= 4 is 15.9 Å². The van der Waals surface area contributed by atoms with Gasteiger partial charge in [-0.3, -0.25) is 0 Å². The van der Waals surface area contributed by atoms with E-state index < -0.39 is 0 Å². The zero-order valence-corrected chi connectivity index (χ0v) is 13.9. The lowest BCUT2D eigenvalue weighted by Gasteiger charge is -2.10. The number of methoxy groups -OCH3 is 1. The fourth-order valence-electron chi connectivity index (χ4n) is 1.90. The number of rotatable bonds is 7. The fraction of sp³-hybridized carbons (Fsp3) is 0.294. The topological polar surface area (TPSA) is 30.5 Å². The van der Waals surface area contributed by atoms with Crippen molar-refractivity contribution in [3.8, 4) is 17.2 Å². The Morgan fingerprint density at radius 2 is 1.76 bits per heavy atom. The van der Waals surface area contributed by atoms with Gasteiger partial charge in [0.25, 0.3) is 0 Å². The van der Waals surface area contributed by atoms with Gasteiger partial charge in [-0.2, -0.15) is 0 Å². The zero-order chi connectivity index (χ0) is 15.1. The van der Waals surface area contributed by atoms with E-state index in [1.165, 1.54) is 5.56 Å². The highest BCUT2D eigenvalue weighted by atomic mass is 79.9. The second kappa shape index (κ2) is 8.05. The Morgan fingerprint density at radius 1 is 1.05 bits per heavy atom. The molecule has 0 radical (unpaired) electrons. The maximum atomic E-state index is 5.87. The van der Waals surface area contributed by atoms with Gasteiger partial charge in [0, 0.05) is 6.54 Å². The Bertz CT molecular complexity index is 570. The Morgan fingerprint density at radius 3 is 2.38 bits per heavy atom. The SMILES string of the molecule is CCCNCc1ccc(Oc2ccc(OC)cc2Br)cc1. The second-order valence-corrected chi connectivity index (χ2v) is 5.57. The summed E-state index contributed by atoms with van der Waals surface area (Å²) in [7, 11) is 1.65. The first kappa shape index (κ1) is 15.9. The fourth-order valence-corrected chi connectivity index (χ4v) is 2.34. The van der Waals surface area contributed by atoms with Gasteiger partial charge in [0.15, 0.2) is 0 Å². The number of hydrogen-bond donors (Lipinski definition) is 1. The molecule has 0 fully saturated rings. The van der Waals surface area contributed by atoms with E-state index in [4.69, 9.17) is 9.47 Å². The summed E-state index contributed by atoms with van der Waals surface area (Å²) in [5.41, 5.74) is 1.25. The van der Waals surface area contributed by atoms with Crippen molar-refractivity contribution in [2.24, 2.45) is 0 Å². The molecule has 2 rings (SSSR count). The van der Waals surface area contributed by atoms with Gasteiger partial charge < -0.3 is 14.8 Å². The average molecular weight is 350 g/mol. The van der Waals surface area contributed by atoms with Crippen LogP contribution in [0.15, 0.2) is 46.9 Å². The van der Waals surface area contributed by atoms with Crippen molar-refractivity contribution in [1.29, 1.82) is 0 Å². The maximum Gasteiger partial charge on any atom is 0.141 e. The lowest BCUT2D eigenvalue weighted by atomic mass is 10.2. The number of hydrogen-bond acceptors (Lipinski definition) is 3. The van der Waals surface area contributed by atoms with Crippen LogP contribution in [-0.2, 0) is 6.54 Å². The maximum absolute atomic E-state index is 5.87. The van der Waals surface area contributed by atoms with Crippen LogP contribution in [0.1, 0.15) is 18.9 Å². The van der Waals surface area contributed by atoms with Crippen LogP contribution in [0.2, 0.25) is 0 Å².